The minimum Gasteiger partial charge on any atom is -0.383 e. The highest BCUT2D eigenvalue weighted by Crippen LogP contribution is 2.14. The summed E-state index contributed by atoms with van der Waals surface area (Å²) in [5.74, 6) is -1.07. The summed E-state index contributed by atoms with van der Waals surface area (Å²) >= 11 is 0. The molecule has 1 N–H and O–H groups in total. The minimum atomic E-state index is -3.00. The summed E-state index contributed by atoms with van der Waals surface area (Å²) < 4.78 is 47.4. The van der Waals surface area contributed by atoms with Gasteiger partial charge in [-0.3, -0.25) is 0 Å². The maximum atomic E-state index is 13.1. The molecule has 0 bridgehead atoms. The van der Waals surface area contributed by atoms with Gasteiger partial charge in [0.15, 0.2) is 0 Å². The Hall–Kier alpha value is -1.17. The Morgan fingerprint density at radius 2 is 2.00 bits per heavy atom. The van der Waals surface area contributed by atoms with Gasteiger partial charge in [-0.2, -0.15) is 0 Å². The first kappa shape index (κ1) is 12.9. The average molecular weight is 249 g/mol. The molecule has 0 aliphatic heterocycles. The predicted octanol–water partition coefficient (Wildman–Crippen LogP) is 1.81. The number of rotatable bonds is 5. The smallest absolute Gasteiger partial charge is 0.147 e. The van der Waals surface area contributed by atoms with Gasteiger partial charge in [0.1, 0.15) is 21.5 Å². The lowest BCUT2D eigenvalue weighted by atomic mass is 10.3. The third-order valence-corrected chi connectivity index (χ3v) is 2.97. The van der Waals surface area contributed by atoms with Gasteiger partial charge in [-0.1, -0.05) is 0 Å². The zero-order valence-corrected chi connectivity index (χ0v) is 9.65. The molecule has 3 nitrogen and oxygen atoms in total. The van der Waals surface area contributed by atoms with Crippen molar-refractivity contribution in [3.8, 4) is 0 Å². The molecule has 0 atom stereocenters. The van der Waals surface area contributed by atoms with E-state index in [2.05, 4.69) is 5.32 Å². The van der Waals surface area contributed by atoms with Crippen LogP contribution < -0.4 is 5.32 Å². The van der Waals surface area contributed by atoms with Crippen molar-refractivity contribution in [1.82, 2.24) is 0 Å². The van der Waals surface area contributed by atoms with Crippen LogP contribution in [0.2, 0.25) is 0 Å². The molecule has 0 saturated heterocycles. The van der Waals surface area contributed by atoms with Crippen LogP contribution >= 0.6 is 0 Å². The predicted molar refractivity (Wildman–Crippen MR) is 59.2 cm³/mol. The number of hydrogen-bond donors (Lipinski definition) is 1. The number of sulfone groups is 1. The van der Waals surface area contributed by atoms with Gasteiger partial charge in [0, 0.05) is 12.8 Å². The van der Waals surface area contributed by atoms with Crippen molar-refractivity contribution in [3.63, 3.8) is 0 Å². The van der Waals surface area contributed by atoms with Crippen molar-refractivity contribution in [2.45, 2.75) is 6.42 Å². The minimum absolute atomic E-state index is 0.0247. The van der Waals surface area contributed by atoms with Gasteiger partial charge >= 0.3 is 0 Å². The molecule has 0 aliphatic carbocycles. The Morgan fingerprint density at radius 3 is 2.62 bits per heavy atom. The van der Waals surface area contributed by atoms with Gasteiger partial charge in [-0.25, -0.2) is 17.2 Å². The molecule has 1 aromatic rings. The molecule has 0 saturated carbocycles. The van der Waals surface area contributed by atoms with Crippen molar-refractivity contribution in [2.75, 3.05) is 23.9 Å². The molecular formula is C10H13F2NO2S. The number of nitrogens with one attached hydrogen (secondary N) is 1. The summed E-state index contributed by atoms with van der Waals surface area (Å²) in [4.78, 5) is 0. The largest absolute Gasteiger partial charge is 0.383 e. The summed E-state index contributed by atoms with van der Waals surface area (Å²) in [6, 6.07) is 3.08. The molecule has 16 heavy (non-hydrogen) atoms. The highest BCUT2D eigenvalue weighted by Gasteiger charge is 2.04. The third-order valence-electron chi connectivity index (χ3n) is 1.94. The van der Waals surface area contributed by atoms with Crippen LogP contribution in [0, 0.1) is 11.6 Å². The molecular weight excluding hydrogens is 236 g/mol. The van der Waals surface area contributed by atoms with Gasteiger partial charge in [0.25, 0.3) is 0 Å². The van der Waals surface area contributed by atoms with E-state index in [-0.39, 0.29) is 18.0 Å². The summed E-state index contributed by atoms with van der Waals surface area (Å²) in [5, 5.41) is 2.65. The second-order valence-electron chi connectivity index (χ2n) is 3.53. The topological polar surface area (TPSA) is 46.2 Å². The molecule has 1 aromatic carbocycles. The molecule has 0 aromatic heterocycles. The standard InChI is InChI=1S/C10H13F2NO2S/c1-16(14,15)6-2-5-13-10-7-8(11)3-4-9(10)12/h3-4,7,13H,2,5-6H2,1H3. The van der Waals surface area contributed by atoms with Crippen molar-refractivity contribution in [2.24, 2.45) is 0 Å². The highest BCUT2D eigenvalue weighted by molar-refractivity contribution is 7.90. The first-order chi connectivity index (χ1) is 7.38. The normalized spacial score (nSPS) is 11.4. The van der Waals surface area contributed by atoms with Crippen molar-refractivity contribution >= 4 is 15.5 Å². The number of benzene rings is 1. The zero-order valence-electron chi connectivity index (χ0n) is 8.83. The van der Waals surface area contributed by atoms with Gasteiger partial charge in [0.2, 0.25) is 0 Å². The monoisotopic (exact) mass is 249 g/mol. The second kappa shape index (κ2) is 5.25. The highest BCUT2D eigenvalue weighted by atomic mass is 32.2. The van der Waals surface area contributed by atoms with E-state index in [0.29, 0.717) is 6.42 Å². The molecule has 0 radical (unpaired) electrons. The zero-order chi connectivity index (χ0) is 12.2. The molecule has 0 amide bonds. The van der Waals surface area contributed by atoms with E-state index in [4.69, 9.17) is 0 Å². The van der Waals surface area contributed by atoms with Crippen LogP contribution in [0.4, 0.5) is 14.5 Å². The van der Waals surface area contributed by atoms with Gasteiger partial charge in [-0.15, -0.1) is 0 Å². The van der Waals surface area contributed by atoms with E-state index >= 15 is 0 Å². The second-order valence-corrected chi connectivity index (χ2v) is 5.79. The molecule has 90 valence electrons. The van der Waals surface area contributed by atoms with E-state index in [1.807, 2.05) is 0 Å². The Kier molecular flexibility index (Phi) is 4.23. The lowest BCUT2D eigenvalue weighted by Crippen LogP contribution is -2.10. The first-order valence-electron chi connectivity index (χ1n) is 4.75. The van der Waals surface area contributed by atoms with Crippen LogP contribution in [0.25, 0.3) is 0 Å². The number of anilines is 1. The SMILES string of the molecule is CS(=O)(=O)CCCNc1cc(F)ccc1F. The van der Waals surface area contributed by atoms with Crippen LogP contribution in [-0.2, 0) is 9.84 Å². The molecule has 1 rings (SSSR count). The molecule has 0 fully saturated rings. The summed E-state index contributed by atoms with van der Waals surface area (Å²) in [6.07, 6.45) is 1.49. The van der Waals surface area contributed by atoms with Crippen LogP contribution in [0.5, 0.6) is 0 Å². The molecule has 0 aliphatic rings. The lowest BCUT2D eigenvalue weighted by molar-refractivity contribution is 0.598. The van der Waals surface area contributed by atoms with Crippen LogP contribution in [0.3, 0.4) is 0 Å². The maximum absolute atomic E-state index is 13.1. The first-order valence-corrected chi connectivity index (χ1v) is 6.81. The van der Waals surface area contributed by atoms with E-state index in [1.54, 1.807) is 0 Å². The van der Waals surface area contributed by atoms with Crippen LogP contribution in [0.1, 0.15) is 6.42 Å². The van der Waals surface area contributed by atoms with Crippen molar-refractivity contribution in [1.29, 1.82) is 0 Å². The van der Waals surface area contributed by atoms with Crippen LogP contribution in [-0.4, -0.2) is 27.0 Å². The molecule has 0 heterocycles. The third kappa shape index (κ3) is 4.57. The number of halogens is 2. The van der Waals surface area contributed by atoms with E-state index < -0.39 is 21.5 Å². The Morgan fingerprint density at radius 1 is 1.31 bits per heavy atom. The fourth-order valence-corrected chi connectivity index (χ4v) is 1.86. The Bertz CT molecular complexity index is 460. The number of hydrogen-bond acceptors (Lipinski definition) is 3. The Labute approximate surface area is 93.4 Å². The lowest BCUT2D eigenvalue weighted by Gasteiger charge is -2.06. The summed E-state index contributed by atoms with van der Waals surface area (Å²) in [7, 11) is -3.00. The molecule has 6 heteroatoms. The van der Waals surface area contributed by atoms with Gasteiger partial charge in [-0.05, 0) is 24.6 Å². The van der Waals surface area contributed by atoms with E-state index in [9.17, 15) is 17.2 Å². The van der Waals surface area contributed by atoms with Gasteiger partial charge < -0.3 is 5.32 Å². The van der Waals surface area contributed by atoms with Crippen molar-refractivity contribution in [3.05, 3.63) is 29.8 Å². The molecule has 0 unspecified atom stereocenters. The van der Waals surface area contributed by atoms with Crippen LogP contribution in [0.15, 0.2) is 18.2 Å². The quantitative estimate of drug-likeness (QED) is 0.809. The summed E-state index contributed by atoms with van der Waals surface area (Å²) in [5.41, 5.74) is 0.0495. The van der Waals surface area contributed by atoms with E-state index in [1.165, 1.54) is 0 Å². The van der Waals surface area contributed by atoms with E-state index in [0.717, 1.165) is 24.5 Å². The van der Waals surface area contributed by atoms with Gasteiger partial charge in [0.05, 0.1) is 11.4 Å². The fraction of sp³-hybridized carbons (Fsp3) is 0.400. The average Bonchev–Trinajstić information content (AvgIpc) is 2.16. The fourth-order valence-electron chi connectivity index (χ4n) is 1.19. The molecule has 0 spiro atoms. The Balaban J connectivity index is 2.46. The van der Waals surface area contributed by atoms with Crippen molar-refractivity contribution < 1.29 is 17.2 Å². The maximum Gasteiger partial charge on any atom is 0.147 e. The summed E-state index contributed by atoms with van der Waals surface area (Å²) in [6.45, 7) is 0.285.